The first kappa shape index (κ1) is 10.3. The molecule has 0 saturated heterocycles. The van der Waals surface area contributed by atoms with Gasteiger partial charge < -0.3 is 16.6 Å². The summed E-state index contributed by atoms with van der Waals surface area (Å²) in [5, 5.41) is 9.91. The zero-order valence-electron chi connectivity index (χ0n) is 9.03. The van der Waals surface area contributed by atoms with Crippen LogP contribution in [0, 0.1) is 12.8 Å². The van der Waals surface area contributed by atoms with E-state index in [9.17, 15) is 5.11 Å². The molecule has 1 fully saturated rings. The maximum absolute atomic E-state index is 9.91. The van der Waals surface area contributed by atoms with Crippen molar-refractivity contribution in [2.45, 2.75) is 32.2 Å². The van der Waals surface area contributed by atoms with Crippen molar-refractivity contribution in [2.24, 2.45) is 11.7 Å². The maximum atomic E-state index is 9.91. The van der Waals surface area contributed by atoms with Gasteiger partial charge in [0.2, 0.25) is 0 Å². The van der Waals surface area contributed by atoms with E-state index in [2.05, 4.69) is 0 Å². The van der Waals surface area contributed by atoms with Crippen molar-refractivity contribution in [1.29, 1.82) is 0 Å². The summed E-state index contributed by atoms with van der Waals surface area (Å²) in [6, 6.07) is 3.58. The topological polar surface area (TPSA) is 72.3 Å². The van der Waals surface area contributed by atoms with Crippen LogP contribution in [-0.2, 0) is 0 Å². The highest BCUT2D eigenvalue weighted by Gasteiger charge is 2.28. The third-order valence-electron chi connectivity index (χ3n) is 3.46. The van der Waals surface area contributed by atoms with Crippen molar-refractivity contribution in [3.05, 3.63) is 23.3 Å². The van der Waals surface area contributed by atoms with E-state index in [-0.39, 0.29) is 11.8 Å². The molecule has 0 aromatic heterocycles. The molecule has 1 aliphatic rings. The molecule has 82 valence electrons. The van der Waals surface area contributed by atoms with Gasteiger partial charge >= 0.3 is 0 Å². The Bertz CT molecular complexity index is 372. The van der Waals surface area contributed by atoms with Gasteiger partial charge in [0.15, 0.2) is 0 Å². The predicted molar refractivity (Wildman–Crippen MR) is 61.5 cm³/mol. The molecular weight excluding hydrogens is 188 g/mol. The van der Waals surface area contributed by atoms with Crippen molar-refractivity contribution >= 4 is 5.69 Å². The van der Waals surface area contributed by atoms with Crippen LogP contribution in [0.3, 0.4) is 0 Å². The van der Waals surface area contributed by atoms with Gasteiger partial charge in [-0.15, -0.1) is 0 Å². The van der Waals surface area contributed by atoms with Crippen LogP contribution in [0.25, 0.3) is 0 Å². The van der Waals surface area contributed by atoms with Gasteiger partial charge in [0.1, 0.15) is 5.75 Å². The van der Waals surface area contributed by atoms with Crippen molar-refractivity contribution in [3.63, 3.8) is 0 Å². The summed E-state index contributed by atoms with van der Waals surface area (Å²) in [4.78, 5) is 0. The zero-order chi connectivity index (χ0) is 11.0. The van der Waals surface area contributed by atoms with Crippen LogP contribution in [0.4, 0.5) is 5.69 Å². The van der Waals surface area contributed by atoms with E-state index in [0.29, 0.717) is 11.6 Å². The third kappa shape index (κ3) is 1.67. The lowest BCUT2D eigenvalue weighted by atomic mass is 9.76. The summed E-state index contributed by atoms with van der Waals surface area (Å²) < 4.78 is 0. The van der Waals surface area contributed by atoms with Crippen LogP contribution in [0.5, 0.6) is 5.75 Å². The molecule has 3 heteroatoms. The largest absolute Gasteiger partial charge is 0.505 e. The Hall–Kier alpha value is -1.22. The summed E-state index contributed by atoms with van der Waals surface area (Å²) in [7, 11) is 0. The number of nitrogen functional groups attached to an aromatic ring is 1. The lowest BCUT2D eigenvalue weighted by Crippen LogP contribution is -2.27. The zero-order valence-corrected chi connectivity index (χ0v) is 9.03. The Balaban J connectivity index is 2.36. The average Bonchev–Trinajstić information content (AvgIpc) is 2.09. The average molecular weight is 206 g/mol. The van der Waals surface area contributed by atoms with Crippen LogP contribution in [0.2, 0.25) is 0 Å². The fourth-order valence-corrected chi connectivity index (χ4v) is 2.18. The molecule has 0 spiro atoms. The summed E-state index contributed by atoms with van der Waals surface area (Å²) in [6.07, 6.45) is 3.57. The first-order chi connectivity index (χ1) is 7.11. The van der Waals surface area contributed by atoms with E-state index in [4.69, 9.17) is 11.5 Å². The second-order valence-corrected chi connectivity index (χ2v) is 4.45. The Labute approximate surface area is 90.1 Å². The highest BCUT2D eigenvalue weighted by atomic mass is 16.3. The normalized spacial score (nSPS) is 18.5. The lowest BCUT2D eigenvalue weighted by molar-refractivity contribution is 0.260. The molecule has 1 aromatic carbocycles. The third-order valence-corrected chi connectivity index (χ3v) is 3.46. The fraction of sp³-hybridized carbons (Fsp3) is 0.500. The van der Waals surface area contributed by atoms with E-state index in [1.165, 1.54) is 6.42 Å². The molecule has 5 N–H and O–H groups in total. The second kappa shape index (κ2) is 3.74. The predicted octanol–water partition coefficient (Wildman–Crippen LogP) is 2.08. The molecule has 1 aromatic rings. The molecule has 3 nitrogen and oxygen atoms in total. The van der Waals surface area contributed by atoms with Gasteiger partial charge in [-0.25, -0.2) is 0 Å². The minimum Gasteiger partial charge on any atom is -0.505 e. The fourth-order valence-electron chi connectivity index (χ4n) is 2.18. The van der Waals surface area contributed by atoms with Crippen LogP contribution < -0.4 is 11.5 Å². The SMILES string of the molecule is Cc1ccc(N)c(O)c1[C@H](N)C1CCC1. The summed E-state index contributed by atoms with van der Waals surface area (Å²) in [5.41, 5.74) is 14.1. The molecular formula is C12H18N2O. The second-order valence-electron chi connectivity index (χ2n) is 4.45. The first-order valence-electron chi connectivity index (χ1n) is 5.44. The van der Waals surface area contributed by atoms with E-state index in [1.54, 1.807) is 6.07 Å². The molecule has 0 amide bonds. The number of hydrogen-bond donors (Lipinski definition) is 3. The smallest absolute Gasteiger partial charge is 0.143 e. The van der Waals surface area contributed by atoms with E-state index < -0.39 is 0 Å². The minimum absolute atomic E-state index is 0.0674. The quantitative estimate of drug-likeness (QED) is 0.512. The molecule has 0 aliphatic heterocycles. The Morgan fingerprint density at radius 1 is 1.40 bits per heavy atom. The Morgan fingerprint density at radius 3 is 2.60 bits per heavy atom. The van der Waals surface area contributed by atoms with E-state index in [0.717, 1.165) is 24.0 Å². The van der Waals surface area contributed by atoms with Gasteiger partial charge in [0.05, 0.1) is 5.69 Å². The molecule has 0 bridgehead atoms. The number of phenols is 1. The number of rotatable bonds is 2. The molecule has 1 atom stereocenters. The standard InChI is InChI=1S/C12H18N2O/c1-7-5-6-9(13)12(15)10(7)11(14)8-3-2-4-8/h5-6,8,11,15H,2-4,13-14H2,1H3/t11-/m1/s1. The van der Waals surface area contributed by atoms with Crippen molar-refractivity contribution < 1.29 is 5.11 Å². The number of anilines is 1. The van der Waals surface area contributed by atoms with Crippen LogP contribution in [-0.4, -0.2) is 5.11 Å². The van der Waals surface area contributed by atoms with Crippen molar-refractivity contribution in [2.75, 3.05) is 5.73 Å². The molecule has 15 heavy (non-hydrogen) atoms. The van der Waals surface area contributed by atoms with Crippen LogP contribution in [0.1, 0.15) is 36.4 Å². The van der Waals surface area contributed by atoms with Gasteiger partial charge in [-0.1, -0.05) is 12.5 Å². The van der Waals surface area contributed by atoms with E-state index in [1.807, 2.05) is 13.0 Å². The van der Waals surface area contributed by atoms with Gasteiger partial charge in [-0.3, -0.25) is 0 Å². The summed E-state index contributed by atoms with van der Waals surface area (Å²) in [6.45, 7) is 1.97. The van der Waals surface area contributed by atoms with Crippen LogP contribution >= 0.6 is 0 Å². The number of benzene rings is 1. The van der Waals surface area contributed by atoms with E-state index >= 15 is 0 Å². The highest BCUT2D eigenvalue weighted by molar-refractivity contribution is 5.59. The van der Waals surface area contributed by atoms with Gasteiger partial charge in [0, 0.05) is 11.6 Å². The van der Waals surface area contributed by atoms with Gasteiger partial charge in [-0.2, -0.15) is 0 Å². The molecule has 1 saturated carbocycles. The minimum atomic E-state index is -0.0674. The van der Waals surface area contributed by atoms with Crippen molar-refractivity contribution in [3.8, 4) is 5.75 Å². The Kier molecular flexibility index (Phi) is 2.57. The molecule has 0 radical (unpaired) electrons. The highest BCUT2D eigenvalue weighted by Crippen LogP contribution is 2.41. The number of nitrogens with two attached hydrogens (primary N) is 2. The first-order valence-corrected chi connectivity index (χ1v) is 5.44. The number of aromatic hydroxyl groups is 1. The number of phenolic OH excluding ortho intramolecular Hbond substituents is 1. The summed E-state index contributed by atoms with van der Waals surface area (Å²) >= 11 is 0. The maximum Gasteiger partial charge on any atom is 0.143 e. The van der Waals surface area contributed by atoms with Crippen LogP contribution in [0.15, 0.2) is 12.1 Å². The van der Waals surface area contributed by atoms with Crippen molar-refractivity contribution in [1.82, 2.24) is 0 Å². The number of aryl methyl sites for hydroxylation is 1. The number of hydrogen-bond acceptors (Lipinski definition) is 3. The van der Waals surface area contributed by atoms with Gasteiger partial charge in [-0.05, 0) is 37.3 Å². The molecule has 2 rings (SSSR count). The van der Waals surface area contributed by atoms with Gasteiger partial charge in [0.25, 0.3) is 0 Å². The molecule has 0 heterocycles. The lowest BCUT2D eigenvalue weighted by Gasteiger charge is -2.32. The summed E-state index contributed by atoms with van der Waals surface area (Å²) in [5.74, 6) is 0.686. The molecule has 1 aliphatic carbocycles. The monoisotopic (exact) mass is 206 g/mol. The molecule has 0 unspecified atom stereocenters. The Morgan fingerprint density at radius 2 is 2.07 bits per heavy atom.